The first-order valence-corrected chi connectivity index (χ1v) is 7.29. The van der Waals surface area contributed by atoms with Crippen molar-refractivity contribution >= 4 is 11.8 Å². The quantitative estimate of drug-likeness (QED) is 0.885. The summed E-state index contributed by atoms with van der Waals surface area (Å²) in [6, 6.07) is 0. The molecule has 0 amide bonds. The van der Waals surface area contributed by atoms with Crippen LogP contribution < -0.4 is 5.69 Å². The SMILES string of the molecule is C=C/C=C(\C=C1/Cc2c([nH]c(=O)n2C)C=N1)c1c(C)noc1C. The van der Waals surface area contributed by atoms with Crippen molar-refractivity contribution in [1.29, 1.82) is 0 Å². The van der Waals surface area contributed by atoms with Gasteiger partial charge in [-0.2, -0.15) is 0 Å². The number of H-pyrrole nitrogens is 1. The summed E-state index contributed by atoms with van der Waals surface area (Å²) in [5.41, 5.74) is 5.13. The van der Waals surface area contributed by atoms with E-state index in [0.29, 0.717) is 6.42 Å². The number of hydrogen-bond acceptors (Lipinski definition) is 4. The van der Waals surface area contributed by atoms with E-state index >= 15 is 0 Å². The predicted molar refractivity (Wildman–Crippen MR) is 89.6 cm³/mol. The van der Waals surface area contributed by atoms with E-state index in [4.69, 9.17) is 4.52 Å². The third-order valence-corrected chi connectivity index (χ3v) is 3.91. The Morgan fingerprint density at radius 1 is 1.48 bits per heavy atom. The Morgan fingerprint density at radius 3 is 2.91 bits per heavy atom. The van der Waals surface area contributed by atoms with Gasteiger partial charge in [-0.25, -0.2) is 4.79 Å². The average Bonchev–Trinajstić information content (AvgIpc) is 2.99. The molecular weight excluding hydrogens is 292 g/mol. The summed E-state index contributed by atoms with van der Waals surface area (Å²) in [4.78, 5) is 18.9. The van der Waals surface area contributed by atoms with Gasteiger partial charge in [-0.05, 0) is 25.5 Å². The van der Waals surface area contributed by atoms with Crippen LogP contribution in [0.3, 0.4) is 0 Å². The van der Waals surface area contributed by atoms with Gasteiger partial charge in [0.2, 0.25) is 0 Å². The van der Waals surface area contributed by atoms with Crippen molar-refractivity contribution in [2.75, 3.05) is 0 Å². The summed E-state index contributed by atoms with van der Waals surface area (Å²) in [5.74, 6) is 0.752. The number of aromatic nitrogens is 3. The van der Waals surface area contributed by atoms with Crippen LogP contribution in [0.25, 0.3) is 5.57 Å². The molecule has 3 rings (SSSR count). The topological polar surface area (TPSA) is 76.2 Å². The van der Waals surface area contributed by atoms with Gasteiger partial charge in [-0.1, -0.05) is 23.9 Å². The third-order valence-electron chi connectivity index (χ3n) is 3.91. The first-order chi connectivity index (χ1) is 11.0. The lowest BCUT2D eigenvalue weighted by Crippen LogP contribution is -2.14. The summed E-state index contributed by atoms with van der Waals surface area (Å²) in [6.45, 7) is 7.55. The zero-order valence-electron chi connectivity index (χ0n) is 13.4. The zero-order valence-corrected chi connectivity index (χ0v) is 13.4. The van der Waals surface area contributed by atoms with Crippen molar-refractivity contribution in [2.45, 2.75) is 20.3 Å². The summed E-state index contributed by atoms with van der Waals surface area (Å²) in [6.07, 6.45) is 7.87. The number of fused-ring (bicyclic) bond motifs is 1. The van der Waals surface area contributed by atoms with Crippen LogP contribution in [0.4, 0.5) is 0 Å². The van der Waals surface area contributed by atoms with Crippen LogP contribution in [0.2, 0.25) is 0 Å². The van der Waals surface area contributed by atoms with Crippen molar-refractivity contribution in [1.82, 2.24) is 14.7 Å². The predicted octanol–water partition coefficient (Wildman–Crippen LogP) is 2.45. The number of aliphatic imine (C=N–C) groups is 1. The molecule has 1 aliphatic heterocycles. The minimum Gasteiger partial charge on any atom is -0.361 e. The summed E-state index contributed by atoms with van der Waals surface area (Å²) in [5, 5.41) is 4.00. The van der Waals surface area contributed by atoms with Crippen molar-refractivity contribution < 1.29 is 4.52 Å². The first kappa shape index (κ1) is 15.0. The maximum Gasteiger partial charge on any atom is 0.325 e. The van der Waals surface area contributed by atoms with Gasteiger partial charge in [0.15, 0.2) is 0 Å². The molecule has 1 N–H and O–H groups in total. The van der Waals surface area contributed by atoms with Crippen LogP contribution in [0.1, 0.15) is 28.4 Å². The van der Waals surface area contributed by atoms with E-state index < -0.39 is 0 Å². The smallest absolute Gasteiger partial charge is 0.325 e. The van der Waals surface area contributed by atoms with Crippen LogP contribution in [0.5, 0.6) is 0 Å². The molecule has 0 radical (unpaired) electrons. The van der Waals surface area contributed by atoms with Crippen molar-refractivity contribution in [3.8, 4) is 0 Å². The van der Waals surface area contributed by atoms with Crippen molar-refractivity contribution in [3.63, 3.8) is 0 Å². The molecule has 118 valence electrons. The van der Waals surface area contributed by atoms with E-state index in [1.54, 1.807) is 23.9 Å². The normalized spacial score (nSPS) is 16.0. The third kappa shape index (κ3) is 2.63. The van der Waals surface area contributed by atoms with Crippen LogP contribution in [-0.4, -0.2) is 20.9 Å². The lowest BCUT2D eigenvalue weighted by atomic mass is 10.0. The number of aryl methyl sites for hydroxylation is 2. The van der Waals surface area contributed by atoms with Crippen LogP contribution in [0, 0.1) is 13.8 Å². The average molecular weight is 310 g/mol. The molecule has 0 saturated heterocycles. The van der Waals surface area contributed by atoms with E-state index in [1.165, 1.54) is 0 Å². The molecular formula is C17H18N4O2. The highest BCUT2D eigenvalue weighted by Crippen LogP contribution is 2.27. The molecule has 0 spiro atoms. The van der Waals surface area contributed by atoms with E-state index in [1.807, 2.05) is 26.0 Å². The highest BCUT2D eigenvalue weighted by Gasteiger charge is 2.17. The Balaban J connectivity index is 2.03. The van der Waals surface area contributed by atoms with Gasteiger partial charge in [0.05, 0.1) is 23.3 Å². The molecule has 0 aliphatic carbocycles. The minimum absolute atomic E-state index is 0.129. The Kier molecular flexibility index (Phi) is 3.73. The largest absolute Gasteiger partial charge is 0.361 e. The molecule has 0 saturated carbocycles. The van der Waals surface area contributed by atoms with E-state index in [9.17, 15) is 4.79 Å². The maximum absolute atomic E-state index is 11.7. The maximum atomic E-state index is 11.7. The first-order valence-electron chi connectivity index (χ1n) is 7.29. The number of nitrogens with one attached hydrogen (secondary N) is 1. The van der Waals surface area contributed by atoms with E-state index in [-0.39, 0.29) is 5.69 Å². The van der Waals surface area contributed by atoms with Crippen LogP contribution in [-0.2, 0) is 13.5 Å². The summed E-state index contributed by atoms with van der Waals surface area (Å²) >= 11 is 0. The fourth-order valence-electron chi connectivity index (χ4n) is 2.75. The van der Waals surface area contributed by atoms with E-state index in [0.717, 1.165) is 39.7 Å². The second-order valence-electron chi connectivity index (χ2n) is 5.48. The Labute approximate surface area is 133 Å². The van der Waals surface area contributed by atoms with Gasteiger partial charge in [0.25, 0.3) is 0 Å². The number of aromatic amines is 1. The number of nitrogens with zero attached hydrogens (tertiary/aromatic N) is 3. The molecule has 0 aromatic carbocycles. The molecule has 6 heteroatoms. The van der Waals surface area contributed by atoms with Gasteiger partial charge in [-0.3, -0.25) is 9.56 Å². The Morgan fingerprint density at radius 2 is 2.26 bits per heavy atom. The second-order valence-corrected chi connectivity index (χ2v) is 5.48. The monoisotopic (exact) mass is 310 g/mol. The highest BCUT2D eigenvalue weighted by molar-refractivity contribution is 5.83. The molecule has 3 heterocycles. The Bertz CT molecular complexity index is 900. The number of imidazole rings is 1. The van der Waals surface area contributed by atoms with E-state index in [2.05, 4.69) is 21.7 Å². The zero-order chi connectivity index (χ0) is 16.6. The van der Waals surface area contributed by atoms with Gasteiger partial charge in [0.1, 0.15) is 5.76 Å². The van der Waals surface area contributed by atoms with Crippen molar-refractivity contribution in [3.05, 3.63) is 69.4 Å². The Hall–Kier alpha value is -2.89. The minimum atomic E-state index is -0.129. The molecule has 0 unspecified atom stereocenters. The van der Waals surface area contributed by atoms with Crippen LogP contribution in [0.15, 0.2) is 44.8 Å². The summed E-state index contributed by atoms with van der Waals surface area (Å²) < 4.78 is 6.86. The van der Waals surface area contributed by atoms with Crippen LogP contribution >= 0.6 is 0 Å². The molecule has 0 bridgehead atoms. The van der Waals surface area contributed by atoms with Crippen molar-refractivity contribution in [2.24, 2.45) is 12.0 Å². The van der Waals surface area contributed by atoms with Gasteiger partial charge in [0, 0.05) is 24.7 Å². The summed E-state index contributed by atoms with van der Waals surface area (Å²) in [7, 11) is 1.75. The molecule has 2 aromatic heterocycles. The fourth-order valence-corrected chi connectivity index (χ4v) is 2.75. The van der Waals surface area contributed by atoms with Gasteiger partial charge in [-0.15, -0.1) is 0 Å². The lowest BCUT2D eigenvalue weighted by molar-refractivity contribution is 0.393. The molecule has 2 aromatic rings. The number of allylic oxidation sites excluding steroid dienone is 5. The highest BCUT2D eigenvalue weighted by atomic mass is 16.5. The van der Waals surface area contributed by atoms with Gasteiger partial charge < -0.3 is 9.51 Å². The molecule has 1 aliphatic rings. The molecule has 0 atom stereocenters. The van der Waals surface area contributed by atoms with Gasteiger partial charge >= 0.3 is 5.69 Å². The standard InChI is InChI=1S/C17H18N4O2/c1-5-6-12(16-10(2)20-23-11(16)3)7-13-8-15-14(9-18-13)19-17(22)21(15)4/h5-7,9H,1,8H2,2-4H3,(H,19,22)/b12-6+,13-7+. The number of rotatable bonds is 3. The second kappa shape index (κ2) is 5.72. The number of hydrogen-bond donors (Lipinski definition) is 1. The molecule has 0 fully saturated rings. The lowest BCUT2D eigenvalue weighted by Gasteiger charge is -2.10. The molecule has 6 nitrogen and oxygen atoms in total. The fraction of sp³-hybridized carbons (Fsp3) is 0.235. The molecule has 23 heavy (non-hydrogen) atoms.